The Labute approximate surface area is 199 Å². The Morgan fingerprint density at radius 3 is 2.62 bits per heavy atom. The molecule has 0 unspecified atom stereocenters. The van der Waals surface area contributed by atoms with Crippen molar-refractivity contribution < 1.29 is 19.2 Å². The highest BCUT2D eigenvalue weighted by molar-refractivity contribution is 8.26. The summed E-state index contributed by atoms with van der Waals surface area (Å²) < 4.78 is 11.4. The summed E-state index contributed by atoms with van der Waals surface area (Å²) in [5.74, 6) is 0.493. The van der Waals surface area contributed by atoms with Gasteiger partial charge in [0.05, 0.1) is 10.5 Å². The number of hydrogen-bond acceptors (Lipinski definition) is 8. The van der Waals surface area contributed by atoms with E-state index in [0.29, 0.717) is 22.2 Å². The number of hydrogen-bond donors (Lipinski definition) is 1. The lowest BCUT2D eigenvalue weighted by Crippen LogP contribution is -2.35. The Balaban J connectivity index is 1.42. The van der Waals surface area contributed by atoms with Gasteiger partial charge in [-0.25, -0.2) is 0 Å². The van der Waals surface area contributed by atoms with E-state index in [1.165, 1.54) is 41.0 Å². The number of rotatable bonds is 9. The number of para-hydroxylation sites is 1. The summed E-state index contributed by atoms with van der Waals surface area (Å²) in [7, 11) is 0. The maximum Gasteiger partial charge on any atom is 0.283 e. The van der Waals surface area contributed by atoms with Crippen LogP contribution in [-0.2, 0) is 4.79 Å². The van der Waals surface area contributed by atoms with Gasteiger partial charge in [-0.2, -0.15) is 15.1 Å². The number of nitro benzene ring substituents is 1. The molecular formula is C23H21N5O5S. The number of nitrogens with one attached hydrogen (secondary N) is 1. The Hall–Kier alpha value is -3.99. The van der Waals surface area contributed by atoms with E-state index in [2.05, 4.69) is 10.1 Å². The van der Waals surface area contributed by atoms with E-state index in [9.17, 15) is 14.9 Å². The number of carbonyl (C=O) groups excluding carboxylic acids is 1. The largest absolute Gasteiger partial charge is 0.490 e. The SMILES string of the molecule is CCCC1=NN2C(=N)/C(=C/c3ccccc3OCCOc3ccc([N+](=O)[O-])cc3)C(=O)N=C2S1. The number of hydrazone groups is 1. The van der Waals surface area contributed by atoms with Crippen LogP contribution in [0, 0.1) is 15.5 Å². The Bertz CT molecular complexity index is 1220. The van der Waals surface area contributed by atoms with Crippen molar-refractivity contribution in [1.82, 2.24) is 5.01 Å². The van der Waals surface area contributed by atoms with Crippen LogP contribution in [0.3, 0.4) is 0 Å². The molecule has 0 radical (unpaired) electrons. The number of fused-ring (bicyclic) bond motifs is 1. The molecule has 10 nitrogen and oxygen atoms in total. The van der Waals surface area contributed by atoms with E-state index in [0.717, 1.165) is 17.9 Å². The van der Waals surface area contributed by atoms with Gasteiger partial charge in [-0.3, -0.25) is 20.3 Å². The Morgan fingerprint density at radius 1 is 1.15 bits per heavy atom. The average molecular weight is 480 g/mol. The number of thioether (sulfide) groups is 1. The summed E-state index contributed by atoms with van der Waals surface area (Å²) in [4.78, 5) is 27.0. The van der Waals surface area contributed by atoms with Gasteiger partial charge in [-0.1, -0.05) is 25.1 Å². The van der Waals surface area contributed by atoms with Crippen molar-refractivity contribution in [3.05, 3.63) is 69.8 Å². The standard InChI is InChI=1S/C23H21N5O5S/c1-2-5-20-26-27-21(24)18(22(29)25-23(27)34-20)14-15-6-3-4-7-19(15)33-13-12-32-17-10-8-16(9-11-17)28(30)31/h3-4,6-11,14,24H,2,5,12-13H2,1H3/b18-14-,24-21?. The van der Waals surface area contributed by atoms with E-state index in [4.69, 9.17) is 14.9 Å². The first-order valence-electron chi connectivity index (χ1n) is 10.5. The fraction of sp³-hybridized carbons (Fsp3) is 0.217. The zero-order valence-electron chi connectivity index (χ0n) is 18.3. The smallest absolute Gasteiger partial charge is 0.283 e. The first-order valence-corrected chi connectivity index (χ1v) is 11.4. The lowest BCUT2D eigenvalue weighted by atomic mass is 10.1. The summed E-state index contributed by atoms with van der Waals surface area (Å²) >= 11 is 1.32. The second kappa shape index (κ2) is 10.3. The number of carbonyl (C=O) groups is 1. The summed E-state index contributed by atoms with van der Waals surface area (Å²) in [6.07, 6.45) is 3.25. The number of nitro groups is 1. The number of amidine groups is 2. The second-order valence-electron chi connectivity index (χ2n) is 7.25. The molecule has 0 fully saturated rings. The molecule has 0 atom stereocenters. The van der Waals surface area contributed by atoms with Gasteiger partial charge in [-0.15, -0.1) is 0 Å². The van der Waals surface area contributed by atoms with E-state index in [1.807, 2.05) is 13.0 Å². The van der Waals surface area contributed by atoms with Gasteiger partial charge in [0.1, 0.15) is 29.8 Å². The van der Waals surface area contributed by atoms with Gasteiger partial charge in [0.2, 0.25) is 5.17 Å². The van der Waals surface area contributed by atoms with Crippen molar-refractivity contribution in [1.29, 1.82) is 5.41 Å². The van der Waals surface area contributed by atoms with Crippen LogP contribution in [0.25, 0.3) is 6.08 Å². The van der Waals surface area contributed by atoms with Crippen molar-refractivity contribution in [2.24, 2.45) is 10.1 Å². The summed E-state index contributed by atoms with van der Waals surface area (Å²) in [6, 6.07) is 12.9. The zero-order chi connectivity index (χ0) is 24.1. The molecule has 174 valence electrons. The van der Waals surface area contributed by atoms with Crippen molar-refractivity contribution in [3.63, 3.8) is 0 Å². The molecule has 2 heterocycles. The molecular weight excluding hydrogens is 458 g/mol. The second-order valence-corrected chi connectivity index (χ2v) is 8.29. The van der Waals surface area contributed by atoms with Gasteiger partial charge in [0.25, 0.3) is 11.6 Å². The predicted molar refractivity (Wildman–Crippen MR) is 130 cm³/mol. The number of aliphatic imine (C=N–C) groups is 1. The number of nitrogens with zero attached hydrogens (tertiary/aromatic N) is 4. The molecule has 0 saturated carbocycles. The van der Waals surface area contributed by atoms with Crippen LogP contribution in [0.4, 0.5) is 5.69 Å². The van der Waals surface area contributed by atoms with Crippen molar-refractivity contribution in [2.75, 3.05) is 13.2 Å². The molecule has 0 saturated heterocycles. The first-order chi connectivity index (χ1) is 16.5. The predicted octanol–water partition coefficient (Wildman–Crippen LogP) is 4.47. The third-order valence-electron chi connectivity index (χ3n) is 4.84. The van der Waals surface area contributed by atoms with E-state index in [1.54, 1.807) is 24.3 Å². The van der Waals surface area contributed by atoms with Crippen LogP contribution in [0.15, 0.2) is 64.2 Å². The summed E-state index contributed by atoms with van der Waals surface area (Å²) in [5.41, 5.74) is 0.739. The molecule has 34 heavy (non-hydrogen) atoms. The molecule has 0 aromatic heterocycles. The minimum atomic E-state index is -0.493. The molecule has 2 aliphatic heterocycles. The molecule has 2 aromatic carbocycles. The Morgan fingerprint density at radius 2 is 1.88 bits per heavy atom. The van der Waals surface area contributed by atoms with Crippen molar-refractivity contribution >= 4 is 45.5 Å². The molecule has 0 bridgehead atoms. The van der Waals surface area contributed by atoms with Crippen LogP contribution < -0.4 is 9.47 Å². The van der Waals surface area contributed by atoms with Crippen LogP contribution in [0.5, 0.6) is 11.5 Å². The number of amides is 1. The highest BCUT2D eigenvalue weighted by Gasteiger charge is 2.35. The normalized spacial score (nSPS) is 16.3. The van der Waals surface area contributed by atoms with Crippen molar-refractivity contribution in [2.45, 2.75) is 19.8 Å². The highest BCUT2D eigenvalue weighted by Crippen LogP contribution is 2.31. The van der Waals surface area contributed by atoms with Gasteiger partial charge < -0.3 is 9.47 Å². The van der Waals surface area contributed by atoms with E-state index < -0.39 is 10.8 Å². The summed E-state index contributed by atoms with van der Waals surface area (Å²) in [5, 5.41) is 26.3. The molecule has 11 heteroatoms. The monoisotopic (exact) mass is 479 g/mol. The third-order valence-corrected chi connectivity index (χ3v) is 5.80. The third kappa shape index (κ3) is 5.15. The Kier molecular flexibility index (Phi) is 7.02. The first kappa shape index (κ1) is 23.2. The van der Waals surface area contributed by atoms with Gasteiger partial charge in [0, 0.05) is 17.7 Å². The fourth-order valence-electron chi connectivity index (χ4n) is 3.21. The van der Waals surface area contributed by atoms with E-state index >= 15 is 0 Å². The maximum absolute atomic E-state index is 12.6. The number of non-ortho nitro benzene ring substituents is 1. The maximum atomic E-state index is 12.6. The quantitative estimate of drug-likeness (QED) is 0.243. The lowest BCUT2D eigenvalue weighted by Gasteiger charge is -2.20. The van der Waals surface area contributed by atoms with Crippen LogP contribution in [-0.4, -0.2) is 45.1 Å². The van der Waals surface area contributed by atoms with Gasteiger partial charge in [-0.05, 0) is 48.9 Å². The number of ether oxygens (including phenoxy) is 2. The average Bonchev–Trinajstić information content (AvgIpc) is 3.23. The topological polar surface area (TPSA) is 130 Å². The van der Waals surface area contributed by atoms with Crippen LogP contribution in [0.1, 0.15) is 25.3 Å². The molecule has 0 aliphatic carbocycles. The van der Waals surface area contributed by atoms with Gasteiger partial charge >= 0.3 is 0 Å². The minimum absolute atomic E-state index is 0.00958. The van der Waals surface area contributed by atoms with Crippen molar-refractivity contribution in [3.8, 4) is 11.5 Å². The molecule has 1 N–H and O–H groups in total. The molecule has 2 aromatic rings. The minimum Gasteiger partial charge on any atom is -0.490 e. The van der Waals surface area contributed by atoms with Crippen LogP contribution >= 0.6 is 11.8 Å². The fourth-order valence-corrected chi connectivity index (χ4v) is 4.20. The molecule has 4 rings (SSSR count). The lowest BCUT2D eigenvalue weighted by molar-refractivity contribution is -0.384. The van der Waals surface area contributed by atoms with Crippen LogP contribution in [0.2, 0.25) is 0 Å². The highest BCUT2D eigenvalue weighted by atomic mass is 32.2. The molecule has 0 spiro atoms. The number of benzene rings is 2. The zero-order valence-corrected chi connectivity index (χ0v) is 19.1. The van der Waals surface area contributed by atoms with E-state index in [-0.39, 0.29) is 30.3 Å². The van der Waals surface area contributed by atoms with Gasteiger partial charge in [0.15, 0.2) is 5.84 Å². The summed E-state index contributed by atoms with van der Waals surface area (Å²) in [6.45, 7) is 2.46. The molecule has 1 amide bonds. The molecule has 2 aliphatic rings.